The Bertz CT molecular complexity index is 365. The normalized spacial score (nSPS) is 14.5. The highest BCUT2D eigenvalue weighted by Crippen LogP contribution is 2.31. The maximum absolute atomic E-state index is 12.4. The lowest BCUT2D eigenvalue weighted by Crippen LogP contribution is -2.28. The van der Waals surface area contributed by atoms with Crippen LogP contribution in [-0.2, 0) is 0 Å². The molecule has 0 unspecified atom stereocenters. The van der Waals surface area contributed by atoms with Gasteiger partial charge in [-0.1, -0.05) is 12.1 Å². The van der Waals surface area contributed by atoms with Crippen molar-refractivity contribution < 1.29 is 17.9 Å². The summed E-state index contributed by atoms with van der Waals surface area (Å²) in [5, 5.41) is 0. The zero-order valence-electron chi connectivity index (χ0n) is 10.0. The largest absolute Gasteiger partial charge is 0.488 e. The first-order valence-corrected chi connectivity index (χ1v) is 5.21. The summed E-state index contributed by atoms with van der Waals surface area (Å²) in [6.07, 6.45) is -4.42. The van der Waals surface area contributed by atoms with Gasteiger partial charge in [0.1, 0.15) is 17.4 Å². The second-order valence-electron chi connectivity index (χ2n) is 4.80. The van der Waals surface area contributed by atoms with Crippen LogP contribution in [0.5, 0.6) is 5.75 Å². The molecule has 0 amide bonds. The van der Waals surface area contributed by atoms with Crippen LogP contribution in [0.1, 0.15) is 32.4 Å². The van der Waals surface area contributed by atoms with Crippen molar-refractivity contribution in [2.45, 2.75) is 38.6 Å². The highest BCUT2D eigenvalue weighted by Gasteiger charge is 2.37. The van der Waals surface area contributed by atoms with Crippen LogP contribution in [0.4, 0.5) is 13.2 Å². The molecular formula is C12H16F3NO. The molecule has 0 aliphatic rings. The first-order chi connectivity index (χ1) is 7.59. The van der Waals surface area contributed by atoms with Crippen LogP contribution in [-0.4, -0.2) is 11.8 Å². The van der Waals surface area contributed by atoms with Gasteiger partial charge < -0.3 is 10.5 Å². The minimum atomic E-state index is -4.42. The molecule has 1 atom stereocenters. The SMILES string of the molecule is CC(C)(C)Oc1ccc([C@@H](N)C(F)(F)F)cc1. The zero-order chi connectivity index (χ0) is 13.3. The number of ether oxygens (including phenoxy) is 1. The van der Waals surface area contributed by atoms with Gasteiger partial charge in [0.15, 0.2) is 0 Å². The predicted molar refractivity (Wildman–Crippen MR) is 59.8 cm³/mol. The van der Waals surface area contributed by atoms with Crippen molar-refractivity contribution in [3.05, 3.63) is 29.8 Å². The summed E-state index contributed by atoms with van der Waals surface area (Å²) in [5.41, 5.74) is 4.73. The van der Waals surface area contributed by atoms with Crippen LogP contribution in [0.15, 0.2) is 24.3 Å². The Morgan fingerprint density at radius 2 is 1.53 bits per heavy atom. The molecule has 0 bridgehead atoms. The van der Waals surface area contributed by atoms with Gasteiger partial charge in [-0.25, -0.2) is 0 Å². The molecule has 5 heteroatoms. The summed E-state index contributed by atoms with van der Waals surface area (Å²) in [7, 11) is 0. The molecule has 2 N–H and O–H groups in total. The molecule has 2 nitrogen and oxygen atoms in total. The molecule has 0 saturated carbocycles. The second-order valence-corrected chi connectivity index (χ2v) is 4.80. The lowest BCUT2D eigenvalue weighted by molar-refractivity contribution is -0.149. The summed E-state index contributed by atoms with van der Waals surface area (Å²) >= 11 is 0. The van der Waals surface area contributed by atoms with E-state index in [4.69, 9.17) is 10.5 Å². The molecule has 1 aromatic carbocycles. The molecular weight excluding hydrogens is 231 g/mol. The Kier molecular flexibility index (Phi) is 3.71. The molecule has 0 spiro atoms. The van der Waals surface area contributed by atoms with Crippen molar-refractivity contribution in [1.82, 2.24) is 0 Å². The molecule has 96 valence electrons. The zero-order valence-corrected chi connectivity index (χ0v) is 10.0. The molecule has 17 heavy (non-hydrogen) atoms. The Morgan fingerprint density at radius 1 is 1.06 bits per heavy atom. The Balaban J connectivity index is 2.82. The lowest BCUT2D eigenvalue weighted by Gasteiger charge is -2.22. The van der Waals surface area contributed by atoms with E-state index in [9.17, 15) is 13.2 Å². The highest BCUT2D eigenvalue weighted by atomic mass is 19.4. The lowest BCUT2D eigenvalue weighted by atomic mass is 10.1. The van der Waals surface area contributed by atoms with Crippen molar-refractivity contribution in [1.29, 1.82) is 0 Å². The van der Waals surface area contributed by atoms with Gasteiger partial charge in [0, 0.05) is 0 Å². The van der Waals surface area contributed by atoms with Crippen molar-refractivity contribution in [2.75, 3.05) is 0 Å². The third-order valence-corrected chi connectivity index (χ3v) is 2.02. The van der Waals surface area contributed by atoms with Crippen LogP contribution in [0, 0.1) is 0 Å². The van der Waals surface area contributed by atoms with Gasteiger partial charge in [-0.3, -0.25) is 0 Å². The van der Waals surface area contributed by atoms with E-state index in [1.54, 1.807) is 0 Å². The smallest absolute Gasteiger partial charge is 0.407 e. The molecule has 0 aromatic heterocycles. The van der Waals surface area contributed by atoms with Crippen LogP contribution in [0.25, 0.3) is 0 Å². The van der Waals surface area contributed by atoms with Crippen LogP contribution in [0.3, 0.4) is 0 Å². The minimum Gasteiger partial charge on any atom is -0.488 e. The number of nitrogens with two attached hydrogens (primary N) is 1. The molecule has 1 aromatic rings. The molecule has 1 rings (SSSR count). The van der Waals surface area contributed by atoms with Crippen molar-refractivity contribution in [3.8, 4) is 5.75 Å². The molecule has 0 heterocycles. The third-order valence-electron chi connectivity index (χ3n) is 2.02. The topological polar surface area (TPSA) is 35.2 Å². The number of rotatable bonds is 2. The van der Waals surface area contributed by atoms with E-state index in [1.807, 2.05) is 20.8 Å². The Morgan fingerprint density at radius 3 is 1.88 bits per heavy atom. The molecule has 0 aliphatic carbocycles. The van der Waals surface area contributed by atoms with Gasteiger partial charge in [0.25, 0.3) is 0 Å². The monoisotopic (exact) mass is 247 g/mol. The van der Waals surface area contributed by atoms with E-state index in [0.29, 0.717) is 5.75 Å². The van der Waals surface area contributed by atoms with E-state index in [-0.39, 0.29) is 11.2 Å². The summed E-state index contributed by atoms with van der Waals surface area (Å²) < 4.78 is 42.6. The summed E-state index contributed by atoms with van der Waals surface area (Å²) in [6.45, 7) is 5.59. The van der Waals surface area contributed by atoms with E-state index in [2.05, 4.69) is 0 Å². The average molecular weight is 247 g/mol. The number of hydrogen-bond donors (Lipinski definition) is 1. The van der Waals surface area contributed by atoms with Crippen molar-refractivity contribution >= 4 is 0 Å². The van der Waals surface area contributed by atoms with Gasteiger partial charge in [0.2, 0.25) is 0 Å². The Hall–Kier alpha value is -1.23. The van der Waals surface area contributed by atoms with E-state index >= 15 is 0 Å². The minimum absolute atomic E-state index is 0.0266. The van der Waals surface area contributed by atoms with Gasteiger partial charge in [-0.15, -0.1) is 0 Å². The standard InChI is InChI=1S/C12H16F3NO/c1-11(2,3)17-9-6-4-8(5-7-9)10(16)12(13,14)15/h4-7,10H,16H2,1-3H3/t10-/m1/s1. The number of alkyl halides is 3. The maximum atomic E-state index is 12.4. The van der Waals surface area contributed by atoms with Gasteiger partial charge in [0.05, 0.1) is 0 Å². The molecule has 0 aliphatic heterocycles. The van der Waals surface area contributed by atoms with Gasteiger partial charge >= 0.3 is 6.18 Å². The maximum Gasteiger partial charge on any atom is 0.407 e. The quantitative estimate of drug-likeness (QED) is 0.869. The highest BCUT2D eigenvalue weighted by molar-refractivity contribution is 5.30. The van der Waals surface area contributed by atoms with E-state index in [1.165, 1.54) is 24.3 Å². The fourth-order valence-electron chi connectivity index (χ4n) is 1.29. The van der Waals surface area contributed by atoms with Crippen LogP contribution >= 0.6 is 0 Å². The summed E-state index contributed by atoms with van der Waals surface area (Å²) in [5.74, 6) is 0.524. The van der Waals surface area contributed by atoms with Gasteiger partial charge in [-0.2, -0.15) is 13.2 Å². The summed E-state index contributed by atoms with van der Waals surface area (Å²) in [4.78, 5) is 0. The summed E-state index contributed by atoms with van der Waals surface area (Å²) in [6, 6.07) is 3.70. The number of benzene rings is 1. The fraction of sp³-hybridized carbons (Fsp3) is 0.500. The first kappa shape index (κ1) is 13.8. The predicted octanol–water partition coefficient (Wildman–Crippen LogP) is 3.43. The van der Waals surface area contributed by atoms with Crippen molar-refractivity contribution in [2.24, 2.45) is 5.73 Å². The fourth-order valence-corrected chi connectivity index (χ4v) is 1.29. The first-order valence-electron chi connectivity index (χ1n) is 5.21. The van der Waals surface area contributed by atoms with Crippen LogP contribution in [0.2, 0.25) is 0 Å². The molecule has 0 saturated heterocycles. The average Bonchev–Trinajstić information content (AvgIpc) is 2.14. The van der Waals surface area contributed by atoms with E-state index < -0.39 is 12.2 Å². The Labute approximate surface area is 98.6 Å². The molecule has 0 fully saturated rings. The van der Waals surface area contributed by atoms with E-state index in [0.717, 1.165) is 0 Å². The van der Waals surface area contributed by atoms with Crippen molar-refractivity contribution in [3.63, 3.8) is 0 Å². The van der Waals surface area contributed by atoms with Gasteiger partial charge in [-0.05, 0) is 38.5 Å². The second kappa shape index (κ2) is 4.56. The third kappa shape index (κ3) is 4.26. The number of halogens is 3. The molecule has 0 radical (unpaired) electrons. The van der Waals surface area contributed by atoms with Crippen LogP contribution < -0.4 is 10.5 Å². The number of hydrogen-bond acceptors (Lipinski definition) is 2.